The summed E-state index contributed by atoms with van der Waals surface area (Å²) in [6.45, 7) is 6.81. The van der Waals surface area contributed by atoms with Gasteiger partial charge in [0.1, 0.15) is 0 Å². The zero-order valence-corrected chi connectivity index (χ0v) is 15.8. The van der Waals surface area contributed by atoms with Gasteiger partial charge < -0.3 is 10.1 Å². The maximum absolute atomic E-state index is 12.3. The lowest BCUT2D eigenvalue weighted by atomic mass is 10.2. The molecule has 0 fully saturated rings. The molecule has 5 nitrogen and oxygen atoms in total. The first-order valence-electron chi connectivity index (χ1n) is 7.10. The van der Waals surface area contributed by atoms with Gasteiger partial charge in [0.2, 0.25) is 0 Å². The largest absolute Gasteiger partial charge is 0.379 e. The van der Waals surface area contributed by atoms with E-state index in [0.717, 1.165) is 6.26 Å². The first-order chi connectivity index (χ1) is 10.5. The van der Waals surface area contributed by atoms with Crippen molar-refractivity contribution in [3.63, 3.8) is 0 Å². The summed E-state index contributed by atoms with van der Waals surface area (Å²) >= 11 is 11.9. The van der Waals surface area contributed by atoms with Crippen molar-refractivity contribution in [1.29, 1.82) is 0 Å². The molecule has 0 bridgehead atoms. The van der Waals surface area contributed by atoms with Crippen LogP contribution in [0, 0.1) is 5.92 Å². The predicted octanol–water partition coefficient (Wildman–Crippen LogP) is 3.19. The molecule has 0 spiro atoms. The summed E-state index contributed by atoms with van der Waals surface area (Å²) in [4.78, 5) is 12.1. The molecule has 0 saturated carbocycles. The summed E-state index contributed by atoms with van der Waals surface area (Å²) < 4.78 is 28.8. The molecule has 1 N–H and O–H groups in total. The van der Waals surface area contributed by atoms with E-state index in [4.69, 9.17) is 27.9 Å². The summed E-state index contributed by atoms with van der Waals surface area (Å²) in [7, 11) is -3.55. The molecule has 1 aromatic carbocycles. The second-order valence-electron chi connectivity index (χ2n) is 5.84. The summed E-state index contributed by atoms with van der Waals surface area (Å²) in [5.41, 5.74) is 0.0622. The van der Waals surface area contributed by atoms with E-state index < -0.39 is 15.7 Å². The second kappa shape index (κ2) is 8.33. The number of sulfone groups is 1. The molecule has 0 aliphatic rings. The van der Waals surface area contributed by atoms with Gasteiger partial charge in [-0.2, -0.15) is 0 Å². The zero-order valence-electron chi connectivity index (χ0n) is 13.5. The van der Waals surface area contributed by atoms with E-state index in [-0.39, 0.29) is 26.5 Å². The summed E-state index contributed by atoms with van der Waals surface area (Å²) in [6, 6.07) is 2.21. The van der Waals surface area contributed by atoms with E-state index >= 15 is 0 Å². The Kier molecular flexibility index (Phi) is 7.32. The zero-order chi connectivity index (χ0) is 17.8. The van der Waals surface area contributed by atoms with Crippen LogP contribution in [0.15, 0.2) is 17.0 Å². The Labute approximate surface area is 147 Å². The quantitative estimate of drug-likeness (QED) is 0.786. The first kappa shape index (κ1) is 20.2. The lowest BCUT2D eigenvalue weighted by molar-refractivity contribution is 0.0791. The van der Waals surface area contributed by atoms with Crippen LogP contribution in [0.2, 0.25) is 10.0 Å². The van der Waals surface area contributed by atoms with Crippen LogP contribution in [0.5, 0.6) is 0 Å². The van der Waals surface area contributed by atoms with Crippen molar-refractivity contribution < 1.29 is 17.9 Å². The topological polar surface area (TPSA) is 72.5 Å². The third kappa shape index (κ3) is 6.30. The molecule has 8 heteroatoms. The Morgan fingerprint density at radius 1 is 1.17 bits per heavy atom. The molecule has 0 aliphatic carbocycles. The number of halogens is 2. The van der Waals surface area contributed by atoms with Crippen molar-refractivity contribution in [2.45, 2.75) is 31.7 Å². The van der Waals surface area contributed by atoms with Crippen molar-refractivity contribution in [1.82, 2.24) is 5.32 Å². The van der Waals surface area contributed by atoms with Gasteiger partial charge in [-0.1, -0.05) is 37.0 Å². The highest BCUT2D eigenvalue weighted by Crippen LogP contribution is 2.28. The Morgan fingerprint density at radius 2 is 1.78 bits per heavy atom. The molecule has 0 radical (unpaired) electrons. The van der Waals surface area contributed by atoms with Gasteiger partial charge in [0.25, 0.3) is 5.91 Å². The number of hydrogen-bond acceptors (Lipinski definition) is 4. The van der Waals surface area contributed by atoms with E-state index in [9.17, 15) is 13.2 Å². The van der Waals surface area contributed by atoms with Crippen LogP contribution in [0.1, 0.15) is 31.1 Å². The molecule has 1 amide bonds. The van der Waals surface area contributed by atoms with Crippen LogP contribution in [-0.4, -0.2) is 39.8 Å². The molecule has 0 aliphatic heterocycles. The Hall–Kier alpha value is -0.820. The number of ether oxygens (including phenoxy) is 1. The maximum Gasteiger partial charge on any atom is 0.253 e. The van der Waals surface area contributed by atoms with Crippen LogP contribution in [0.3, 0.4) is 0 Å². The molecule has 0 heterocycles. The average molecular weight is 382 g/mol. The Balaban J connectivity index is 2.88. The van der Waals surface area contributed by atoms with Gasteiger partial charge in [-0.3, -0.25) is 4.79 Å². The SMILES string of the molecule is CC(C)COCC(C)NC(=O)c1cc(S(C)(=O)=O)c(Cl)cc1Cl. The average Bonchev–Trinajstić information content (AvgIpc) is 2.36. The fraction of sp³-hybridized carbons (Fsp3) is 0.533. The van der Waals surface area contributed by atoms with E-state index in [2.05, 4.69) is 5.32 Å². The number of carbonyl (C=O) groups excluding carboxylic acids is 1. The molecule has 1 unspecified atom stereocenters. The van der Waals surface area contributed by atoms with E-state index in [1.165, 1.54) is 12.1 Å². The smallest absolute Gasteiger partial charge is 0.253 e. The normalized spacial score (nSPS) is 13.2. The van der Waals surface area contributed by atoms with E-state index in [1.54, 1.807) is 6.92 Å². The minimum atomic E-state index is -3.55. The van der Waals surface area contributed by atoms with Gasteiger partial charge in [-0.05, 0) is 25.0 Å². The van der Waals surface area contributed by atoms with Gasteiger partial charge in [0, 0.05) is 18.9 Å². The van der Waals surface area contributed by atoms with Crippen molar-refractivity contribution >= 4 is 38.9 Å². The molecular weight excluding hydrogens is 361 g/mol. The van der Waals surface area contributed by atoms with Crippen molar-refractivity contribution in [3.05, 3.63) is 27.7 Å². The van der Waals surface area contributed by atoms with Crippen LogP contribution >= 0.6 is 23.2 Å². The highest BCUT2D eigenvalue weighted by molar-refractivity contribution is 7.90. The van der Waals surface area contributed by atoms with Gasteiger partial charge in [0.05, 0.1) is 27.1 Å². The van der Waals surface area contributed by atoms with Crippen molar-refractivity contribution in [2.24, 2.45) is 5.92 Å². The minimum Gasteiger partial charge on any atom is -0.379 e. The van der Waals surface area contributed by atoms with Gasteiger partial charge >= 0.3 is 0 Å². The number of rotatable bonds is 7. The van der Waals surface area contributed by atoms with E-state index in [0.29, 0.717) is 19.1 Å². The summed E-state index contributed by atoms with van der Waals surface area (Å²) in [6.07, 6.45) is 1.02. The molecule has 130 valence electrons. The molecule has 23 heavy (non-hydrogen) atoms. The number of benzene rings is 1. The molecular formula is C15H21Cl2NO4S. The van der Waals surface area contributed by atoms with Crippen LogP contribution in [-0.2, 0) is 14.6 Å². The highest BCUT2D eigenvalue weighted by Gasteiger charge is 2.20. The molecule has 1 aromatic rings. The number of carbonyl (C=O) groups is 1. The second-order valence-corrected chi connectivity index (χ2v) is 8.64. The Bertz CT molecular complexity index is 674. The standard InChI is InChI=1S/C15H21Cl2NO4S/c1-9(2)7-22-8-10(3)18-15(19)11-5-14(23(4,20)21)13(17)6-12(11)16/h5-6,9-10H,7-8H2,1-4H3,(H,18,19). The van der Waals surface area contributed by atoms with E-state index in [1.807, 2.05) is 13.8 Å². The fourth-order valence-electron chi connectivity index (χ4n) is 1.81. The van der Waals surface area contributed by atoms with Gasteiger partial charge in [0.15, 0.2) is 9.84 Å². The molecule has 0 aromatic heterocycles. The summed E-state index contributed by atoms with van der Waals surface area (Å²) in [5.74, 6) is -0.0712. The third-order valence-corrected chi connectivity index (χ3v) is 4.74. The van der Waals surface area contributed by atoms with Gasteiger partial charge in [-0.15, -0.1) is 0 Å². The van der Waals surface area contributed by atoms with Crippen molar-refractivity contribution in [2.75, 3.05) is 19.5 Å². The number of amides is 1. The first-order valence-corrected chi connectivity index (χ1v) is 9.74. The number of hydrogen-bond donors (Lipinski definition) is 1. The van der Waals surface area contributed by atoms with Crippen LogP contribution in [0.25, 0.3) is 0 Å². The summed E-state index contributed by atoms with van der Waals surface area (Å²) in [5, 5.41) is 2.80. The predicted molar refractivity (Wildman–Crippen MR) is 92.2 cm³/mol. The fourth-order valence-corrected chi connectivity index (χ4v) is 3.45. The lowest BCUT2D eigenvalue weighted by Gasteiger charge is -2.16. The molecule has 1 atom stereocenters. The highest BCUT2D eigenvalue weighted by atomic mass is 35.5. The van der Waals surface area contributed by atoms with Crippen molar-refractivity contribution in [3.8, 4) is 0 Å². The maximum atomic E-state index is 12.3. The lowest BCUT2D eigenvalue weighted by Crippen LogP contribution is -2.36. The Morgan fingerprint density at radius 3 is 2.30 bits per heavy atom. The van der Waals surface area contributed by atoms with Crippen LogP contribution < -0.4 is 5.32 Å². The third-order valence-electron chi connectivity index (χ3n) is 2.86. The van der Waals surface area contributed by atoms with Gasteiger partial charge in [-0.25, -0.2) is 8.42 Å². The van der Waals surface area contributed by atoms with Crippen LogP contribution in [0.4, 0.5) is 0 Å². The molecule has 0 saturated heterocycles. The monoisotopic (exact) mass is 381 g/mol. The minimum absolute atomic E-state index is 0.0117. The number of nitrogens with one attached hydrogen (secondary N) is 1. The molecule has 1 rings (SSSR count).